The van der Waals surface area contributed by atoms with Gasteiger partial charge in [0, 0.05) is 17.6 Å². The number of benzene rings is 3. The molecule has 0 bridgehead atoms. The maximum Gasteiger partial charge on any atom is 0.407 e. The first-order valence-electron chi connectivity index (χ1n) is 23.0. The second kappa shape index (κ2) is 17.8. The molecule has 0 spiro atoms. The summed E-state index contributed by atoms with van der Waals surface area (Å²) in [4.78, 5) is 73.5. The number of aromatic amines is 2. The normalized spacial score (nSPS) is 23.6. The Balaban J connectivity index is 0.899. The summed E-state index contributed by atoms with van der Waals surface area (Å²) in [7, 11) is 2.63. The lowest BCUT2D eigenvalue weighted by Gasteiger charge is -2.33. The third-order valence-corrected chi connectivity index (χ3v) is 14.5. The van der Waals surface area contributed by atoms with Crippen LogP contribution in [0.3, 0.4) is 0 Å². The number of nitrogens with one attached hydrogen (secondary N) is 4. The van der Waals surface area contributed by atoms with Crippen LogP contribution in [0.2, 0.25) is 0 Å². The van der Waals surface area contributed by atoms with Gasteiger partial charge >= 0.3 is 12.2 Å². The predicted molar refractivity (Wildman–Crippen MR) is 244 cm³/mol. The van der Waals surface area contributed by atoms with Crippen molar-refractivity contribution in [2.75, 3.05) is 14.2 Å². The summed E-state index contributed by atoms with van der Waals surface area (Å²) in [5, 5.41) is 7.79. The summed E-state index contributed by atoms with van der Waals surface area (Å²) in [6.45, 7) is 7.76. The fourth-order valence-electron chi connectivity index (χ4n) is 11.2. The molecule has 2 saturated carbocycles. The van der Waals surface area contributed by atoms with E-state index in [1.807, 2.05) is 49.9 Å². The first-order chi connectivity index (χ1) is 30.9. The first kappa shape index (κ1) is 43.1. The van der Waals surface area contributed by atoms with E-state index in [1.54, 1.807) is 0 Å². The molecule has 4 fully saturated rings. The second-order valence-electron chi connectivity index (χ2n) is 18.9. The van der Waals surface area contributed by atoms with Crippen LogP contribution in [0.1, 0.15) is 103 Å². The van der Waals surface area contributed by atoms with Gasteiger partial charge in [-0.1, -0.05) is 89.1 Å². The van der Waals surface area contributed by atoms with Crippen molar-refractivity contribution in [1.82, 2.24) is 40.4 Å². The lowest BCUT2D eigenvalue weighted by molar-refractivity contribution is -0.138. The standard InChI is InChI=1S/C50H60N8O6/c1-27(2)43(55-49(61)63-5)47(59)57-39-11-7-9-35(39)23-41(57)45-51-25-37(53-45)30-15-13-29(14-16-30)31-17-18-33-22-34(20-19-32(33)21-31)38-26-52-46(54-38)42-24-36-10-8-12-40(36)58(42)48(60)44(28(3)4)56-50(62)64-6/h13-22,25-28,35-36,39-44H,7-12,23-24H2,1-6H3,(H,51,53)(H,52,54)(H,55,61)(H,56,62)/t35-,36-,39-,40-,41-,42-,43-,44-/m0/s1. The van der Waals surface area contributed by atoms with E-state index in [0.717, 1.165) is 107 Å². The van der Waals surface area contributed by atoms with Crippen molar-refractivity contribution in [3.8, 4) is 33.6 Å². The zero-order valence-corrected chi connectivity index (χ0v) is 37.6. The molecule has 5 aromatic rings. The Bertz CT molecular complexity index is 2530. The molecule has 3 aromatic carbocycles. The van der Waals surface area contributed by atoms with E-state index >= 15 is 0 Å². The average molecular weight is 869 g/mol. The number of nitrogens with zero attached hydrogens (tertiary/aromatic N) is 4. The molecule has 4 N–H and O–H groups in total. The van der Waals surface area contributed by atoms with Crippen LogP contribution in [0.4, 0.5) is 9.59 Å². The zero-order valence-electron chi connectivity index (χ0n) is 37.6. The number of methoxy groups -OCH3 is 2. The predicted octanol–water partition coefficient (Wildman–Crippen LogP) is 8.93. The van der Waals surface area contributed by atoms with E-state index in [0.29, 0.717) is 11.8 Å². The van der Waals surface area contributed by atoms with Gasteiger partial charge in [0.05, 0.1) is 50.1 Å². The van der Waals surface area contributed by atoms with Crippen LogP contribution in [0.25, 0.3) is 44.4 Å². The van der Waals surface area contributed by atoms with Crippen LogP contribution in [0, 0.1) is 23.7 Å². The second-order valence-corrected chi connectivity index (χ2v) is 18.9. The molecule has 8 atom stereocenters. The Morgan fingerprint density at radius 3 is 1.48 bits per heavy atom. The summed E-state index contributed by atoms with van der Waals surface area (Å²) in [5.41, 5.74) is 5.98. The van der Waals surface area contributed by atoms with Crippen LogP contribution in [0.5, 0.6) is 0 Å². The van der Waals surface area contributed by atoms with Crippen molar-refractivity contribution in [3.05, 3.63) is 84.7 Å². The van der Waals surface area contributed by atoms with Crippen molar-refractivity contribution >= 4 is 34.8 Å². The molecule has 9 rings (SSSR count). The van der Waals surface area contributed by atoms with Gasteiger partial charge in [0.25, 0.3) is 0 Å². The van der Waals surface area contributed by atoms with Gasteiger partial charge in [-0.25, -0.2) is 19.6 Å². The molecule has 14 heteroatoms. The van der Waals surface area contributed by atoms with Crippen LogP contribution < -0.4 is 10.6 Å². The number of H-pyrrole nitrogens is 2. The van der Waals surface area contributed by atoms with Crippen molar-refractivity contribution in [3.63, 3.8) is 0 Å². The minimum absolute atomic E-state index is 0.0834. The van der Waals surface area contributed by atoms with Gasteiger partial charge in [0.2, 0.25) is 11.8 Å². The molecule has 0 radical (unpaired) electrons. The molecule has 4 amide bonds. The summed E-state index contributed by atoms with van der Waals surface area (Å²) in [6.07, 6.45) is 10.5. The Hall–Kier alpha value is -6.18. The highest BCUT2D eigenvalue weighted by Gasteiger charge is 2.51. The highest BCUT2D eigenvalue weighted by Crippen LogP contribution is 2.49. The fraction of sp³-hybridized carbons (Fsp3) is 0.480. The number of carbonyl (C=O) groups excluding carboxylic acids is 4. The highest BCUT2D eigenvalue weighted by molar-refractivity contribution is 5.91. The van der Waals surface area contributed by atoms with Crippen molar-refractivity contribution in [1.29, 1.82) is 0 Å². The highest BCUT2D eigenvalue weighted by atomic mass is 16.5. The molecule has 2 aliphatic heterocycles. The first-order valence-corrected chi connectivity index (χ1v) is 23.0. The third kappa shape index (κ3) is 8.11. The molecule has 14 nitrogen and oxygen atoms in total. The summed E-state index contributed by atoms with van der Waals surface area (Å²) >= 11 is 0. The number of carbonyl (C=O) groups is 4. The molecular formula is C50H60N8O6. The van der Waals surface area contributed by atoms with E-state index in [4.69, 9.17) is 19.4 Å². The Morgan fingerprint density at radius 2 is 1.02 bits per heavy atom. The molecule has 0 unspecified atom stereocenters. The van der Waals surface area contributed by atoms with Crippen molar-refractivity contribution < 1.29 is 28.7 Å². The number of imidazole rings is 2. The molecule has 336 valence electrons. The smallest absolute Gasteiger partial charge is 0.407 e. The number of ether oxygens (including phenoxy) is 2. The molecule has 2 aromatic heterocycles. The Labute approximate surface area is 374 Å². The molecular weight excluding hydrogens is 809 g/mol. The SMILES string of the molecule is COC(=O)N[C@H](C(=O)N1[C@H](c2ncc(-c3ccc(-c4ccc5cc(-c6cnc([C@@H]7C[C@@H]8CCC[C@@H]8N7C(=O)[C@@H](NC(=O)OC)C(C)C)[nH]6)ccc5c4)cc3)[nH]2)C[C@@H]2CCC[C@@H]21)C(C)C. The number of alkyl carbamates (subject to hydrolysis) is 2. The van der Waals surface area contributed by atoms with Crippen molar-refractivity contribution in [2.45, 2.75) is 115 Å². The maximum absolute atomic E-state index is 14.2. The number of aromatic nitrogens is 4. The lowest BCUT2D eigenvalue weighted by Crippen LogP contribution is -2.53. The minimum Gasteiger partial charge on any atom is -0.453 e. The molecule has 2 aliphatic carbocycles. The lowest BCUT2D eigenvalue weighted by atomic mass is 9.98. The largest absolute Gasteiger partial charge is 0.453 e. The number of hydrogen-bond donors (Lipinski definition) is 4. The summed E-state index contributed by atoms with van der Waals surface area (Å²) in [5.74, 6) is 1.98. The van der Waals surface area contributed by atoms with Gasteiger partial charge in [0.15, 0.2) is 0 Å². The third-order valence-electron chi connectivity index (χ3n) is 14.5. The van der Waals surface area contributed by atoms with Gasteiger partial charge in [0.1, 0.15) is 23.7 Å². The van der Waals surface area contributed by atoms with E-state index < -0.39 is 24.3 Å². The van der Waals surface area contributed by atoms with E-state index in [1.165, 1.54) is 14.2 Å². The van der Waals surface area contributed by atoms with Gasteiger partial charge in [-0.15, -0.1) is 0 Å². The fourth-order valence-corrected chi connectivity index (χ4v) is 11.2. The van der Waals surface area contributed by atoms with Crippen LogP contribution in [-0.2, 0) is 19.1 Å². The van der Waals surface area contributed by atoms with Crippen LogP contribution in [0.15, 0.2) is 73.1 Å². The molecule has 64 heavy (non-hydrogen) atoms. The van der Waals surface area contributed by atoms with E-state index in [-0.39, 0.29) is 47.8 Å². The Morgan fingerprint density at radius 1 is 0.594 bits per heavy atom. The summed E-state index contributed by atoms with van der Waals surface area (Å²) in [6, 6.07) is 19.8. The average Bonchev–Trinajstić information content (AvgIpc) is 4.16. The number of fused-ring (bicyclic) bond motifs is 3. The number of likely N-dealkylation sites (tertiary alicyclic amines) is 2. The maximum atomic E-state index is 14.2. The number of hydrogen-bond acceptors (Lipinski definition) is 8. The zero-order chi connectivity index (χ0) is 44.8. The van der Waals surface area contributed by atoms with E-state index in [2.05, 4.69) is 81.3 Å². The topological polar surface area (TPSA) is 175 Å². The van der Waals surface area contributed by atoms with Gasteiger partial charge in [-0.3, -0.25) is 9.59 Å². The summed E-state index contributed by atoms with van der Waals surface area (Å²) < 4.78 is 9.72. The quantitative estimate of drug-likeness (QED) is 0.102. The van der Waals surface area contributed by atoms with Crippen molar-refractivity contribution in [2.24, 2.45) is 23.7 Å². The molecule has 4 aliphatic rings. The van der Waals surface area contributed by atoms with E-state index in [9.17, 15) is 19.2 Å². The van der Waals surface area contributed by atoms with Crippen LogP contribution in [-0.4, -0.2) is 92.1 Å². The van der Waals surface area contributed by atoms with Gasteiger partial charge < -0.3 is 39.9 Å². The number of rotatable bonds is 11. The Kier molecular flexibility index (Phi) is 12.0. The monoisotopic (exact) mass is 868 g/mol. The molecule has 4 heterocycles. The van der Waals surface area contributed by atoms with Crippen LogP contribution >= 0.6 is 0 Å². The molecule has 2 saturated heterocycles. The number of amides is 4. The van der Waals surface area contributed by atoms with Gasteiger partial charge in [-0.2, -0.15) is 0 Å². The van der Waals surface area contributed by atoms with Gasteiger partial charge in [-0.05, 0) is 102 Å². The minimum atomic E-state index is -0.687.